The van der Waals surface area contributed by atoms with Gasteiger partial charge in [-0.2, -0.15) is 0 Å². The molecule has 0 spiro atoms. The van der Waals surface area contributed by atoms with E-state index in [2.05, 4.69) is 81.8 Å². The molecule has 1 aliphatic heterocycles. The Morgan fingerprint density at radius 2 is 1.94 bits per heavy atom. The van der Waals surface area contributed by atoms with Crippen LogP contribution < -0.4 is 5.32 Å². The number of hydrogen-bond acceptors (Lipinski definition) is 4. The second-order valence-electron chi connectivity index (χ2n) is 8.98. The Bertz CT molecular complexity index is 1110. The lowest BCUT2D eigenvalue weighted by Crippen LogP contribution is -2.41. The molecular formula is C27H35N5. The zero-order chi connectivity index (χ0) is 22.5. The third-order valence-corrected chi connectivity index (χ3v) is 6.47. The minimum Gasteiger partial charge on any atom is -0.374 e. The Labute approximate surface area is 192 Å². The monoisotopic (exact) mass is 429 g/mol. The summed E-state index contributed by atoms with van der Waals surface area (Å²) in [7, 11) is 4.40. The molecule has 0 aliphatic carbocycles. The first-order valence-corrected chi connectivity index (χ1v) is 11.7. The Morgan fingerprint density at radius 3 is 2.66 bits per heavy atom. The van der Waals surface area contributed by atoms with Gasteiger partial charge in [-0.3, -0.25) is 9.88 Å². The third kappa shape index (κ3) is 5.32. The molecule has 32 heavy (non-hydrogen) atoms. The zero-order valence-electron chi connectivity index (χ0n) is 19.9. The van der Waals surface area contributed by atoms with Crippen LogP contribution in [-0.4, -0.2) is 59.1 Å². The standard InChI is InChI=1S/C27H35N5/c1-5-32-26(7-6-13-29-24-10-14-28-21(2)17-24)19-23-18-22(8-9-27(23)32)20-31-15-11-25(12-16-31)30(3)4/h8-10,14,17-19,25H,5,11-13,15-16,20H2,1-4H3,(H,28,29). The molecule has 4 rings (SSSR count). The molecule has 0 atom stereocenters. The molecule has 3 heterocycles. The van der Waals surface area contributed by atoms with Crippen molar-refractivity contribution in [1.82, 2.24) is 19.4 Å². The largest absolute Gasteiger partial charge is 0.374 e. The smallest absolute Gasteiger partial charge is 0.0931 e. The van der Waals surface area contributed by atoms with Gasteiger partial charge in [0.2, 0.25) is 0 Å². The van der Waals surface area contributed by atoms with Gasteiger partial charge in [-0.1, -0.05) is 12.0 Å². The van der Waals surface area contributed by atoms with Gasteiger partial charge < -0.3 is 14.8 Å². The van der Waals surface area contributed by atoms with Gasteiger partial charge in [-0.15, -0.1) is 0 Å². The highest BCUT2D eigenvalue weighted by Crippen LogP contribution is 2.23. The molecule has 5 heteroatoms. The van der Waals surface area contributed by atoms with Crippen LogP contribution in [-0.2, 0) is 13.1 Å². The van der Waals surface area contributed by atoms with Gasteiger partial charge in [0.1, 0.15) is 0 Å². The van der Waals surface area contributed by atoms with Crippen LogP contribution in [0.15, 0.2) is 42.6 Å². The van der Waals surface area contributed by atoms with E-state index in [1.807, 2.05) is 25.3 Å². The molecule has 2 aromatic heterocycles. The van der Waals surface area contributed by atoms with Gasteiger partial charge in [0.25, 0.3) is 0 Å². The van der Waals surface area contributed by atoms with E-state index in [4.69, 9.17) is 0 Å². The van der Waals surface area contributed by atoms with E-state index in [-0.39, 0.29) is 0 Å². The second-order valence-corrected chi connectivity index (χ2v) is 8.98. The van der Waals surface area contributed by atoms with Crippen molar-refractivity contribution >= 4 is 16.6 Å². The van der Waals surface area contributed by atoms with Crippen LogP contribution in [0.4, 0.5) is 5.69 Å². The van der Waals surface area contributed by atoms with E-state index in [0.717, 1.165) is 36.2 Å². The van der Waals surface area contributed by atoms with Crippen molar-refractivity contribution in [3.05, 3.63) is 59.5 Å². The zero-order valence-corrected chi connectivity index (χ0v) is 19.9. The quantitative estimate of drug-likeness (QED) is 0.591. The summed E-state index contributed by atoms with van der Waals surface area (Å²) in [5.41, 5.74) is 5.81. The average Bonchev–Trinajstić information content (AvgIpc) is 3.13. The number of benzene rings is 1. The highest BCUT2D eigenvalue weighted by molar-refractivity contribution is 5.83. The maximum absolute atomic E-state index is 4.23. The molecule has 5 nitrogen and oxygen atoms in total. The number of rotatable bonds is 6. The summed E-state index contributed by atoms with van der Waals surface area (Å²) in [6, 6.07) is 13.9. The maximum atomic E-state index is 4.23. The lowest BCUT2D eigenvalue weighted by molar-refractivity contribution is 0.140. The summed E-state index contributed by atoms with van der Waals surface area (Å²) in [5.74, 6) is 6.66. The number of piperidine rings is 1. The Hall–Kier alpha value is -2.81. The topological polar surface area (TPSA) is 36.3 Å². The number of nitrogens with zero attached hydrogens (tertiary/aromatic N) is 4. The molecule has 1 aromatic carbocycles. The Balaban J connectivity index is 1.43. The molecular weight excluding hydrogens is 394 g/mol. The number of anilines is 1. The van der Waals surface area contributed by atoms with Crippen molar-refractivity contribution in [2.45, 2.75) is 45.8 Å². The van der Waals surface area contributed by atoms with Crippen LogP contribution in [0.1, 0.15) is 36.7 Å². The fourth-order valence-electron chi connectivity index (χ4n) is 4.65. The van der Waals surface area contributed by atoms with Gasteiger partial charge in [0.15, 0.2) is 0 Å². The van der Waals surface area contributed by atoms with Gasteiger partial charge in [0, 0.05) is 47.6 Å². The van der Waals surface area contributed by atoms with Crippen LogP contribution in [0.3, 0.4) is 0 Å². The number of aromatic nitrogens is 2. The molecule has 0 bridgehead atoms. The summed E-state index contributed by atoms with van der Waals surface area (Å²) in [6.07, 6.45) is 4.34. The fraction of sp³-hybridized carbons (Fsp3) is 0.444. The molecule has 1 N–H and O–H groups in total. The SMILES string of the molecule is CCn1c(C#CCNc2ccnc(C)c2)cc2cc(CN3CCC(N(C)C)CC3)ccc21. The minimum atomic E-state index is 0.614. The molecule has 0 amide bonds. The van der Waals surface area contributed by atoms with Crippen LogP contribution in [0.2, 0.25) is 0 Å². The lowest BCUT2D eigenvalue weighted by atomic mass is 10.0. The van der Waals surface area contributed by atoms with Crippen molar-refractivity contribution in [1.29, 1.82) is 0 Å². The predicted octanol–water partition coefficient (Wildman–Crippen LogP) is 4.35. The number of aryl methyl sites for hydroxylation is 2. The molecule has 1 aliphatic rings. The maximum Gasteiger partial charge on any atom is 0.0931 e. The van der Waals surface area contributed by atoms with Gasteiger partial charge in [-0.05, 0) is 95.7 Å². The summed E-state index contributed by atoms with van der Waals surface area (Å²) in [6.45, 7) is 9.10. The molecule has 0 unspecified atom stereocenters. The van der Waals surface area contributed by atoms with Crippen molar-refractivity contribution < 1.29 is 0 Å². The molecule has 0 saturated carbocycles. The van der Waals surface area contributed by atoms with Crippen molar-refractivity contribution in [2.75, 3.05) is 39.0 Å². The summed E-state index contributed by atoms with van der Waals surface area (Å²) < 4.78 is 2.31. The number of hydrogen-bond donors (Lipinski definition) is 1. The molecule has 0 radical (unpaired) electrons. The van der Waals surface area contributed by atoms with E-state index in [9.17, 15) is 0 Å². The Kier molecular flexibility index (Phi) is 7.14. The number of nitrogens with one attached hydrogen (secondary N) is 1. The highest BCUT2D eigenvalue weighted by atomic mass is 15.2. The molecule has 3 aromatic rings. The van der Waals surface area contributed by atoms with Gasteiger partial charge >= 0.3 is 0 Å². The van der Waals surface area contributed by atoms with Crippen molar-refractivity contribution in [2.24, 2.45) is 0 Å². The van der Waals surface area contributed by atoms with Gasteiger partial charge in [-0.25, -0.2) is 0 Å². The van der Waals surface area contributed by atoms with E-state index in [1.54, 1.807) is 0 Å². The predicted molar refractivity (Wildman–Crippen MR) is 134 cm³/mol. The van der Waals surface area contributed by atoms with Gasteiger partial charge in [0.05, 0.1) is 12.2 Å². The number of fused-ring (bicyclic) bond motifs is 1. The van der Waals surface area contributed by atoms with Crippen LogP contribution >= 0.6 is 0 Å². The first kappa shape index (κ1) is 22.4. The molecule has 1 fully saturated rings. The normalized spacial score (nSPS) is 15.2. The van der Waals surface area contributed by atoms with Crippen molar-refractivity contribution in [3.63, 3.8) is 0 Å². The van der Waals surface area contributed by atoms with Crippen LogP contribution in [0, 0.1) is 18.8 Å². The summed E-state index contributed by atoms with van der Waals surface area (Å²) in [4.78, 5) is 9.19. The van der Waals surface area contributed by atoms with E-state index in [0.29, 0.717) is 6.54 Å². The average molecular weight is 430 g/mol. The van der Waals surface area contributed by atoms with E-state index < -0.39 is 0 Å². The van der Waals surface area contributed by atoms with E-state index in [1.165, 1.54) is 42.4 Å². The molecule has 1 saturated heterocycles. The highest BCUT2D eigenvalue weighted by Gasteiger charge is 2.20. The lowest BCUT2D eigenvalue weighted by Gasteiger charge is -2.35. The summed E-state index contributed by atoms with van der Waals surface area (Å²) >= 11 is 0. The second kappa shape index (κ2) is 10.2. The van der Waals surface area contributed by atoms with Crippen molar-refractivity contribution in [3.8, 4) is 11.8 Å². The van der Waals surface area contributed by atoms with Crippen LogP contribution in [0.25, 0.3) is 10.9 Å². The fourth-order valence-corrected chi connectivity index (χ4v) is 4.65. The third-order valence-electron chi connectivity index (χ3n) is 6.47. The first-order valence-electron chi connectivity index (χ1n) is 11.7. The Morgan fingerprint density at radius 1 is 1.12 bits per heavy atom. The molecule has 168 valence electrons. The number of pyridine rings is 1. The van der Waals surface area contributed by atoms with Crippen LogP contribution in [0.5, 0.6) is 0 Å². The number of likely N-dealkylation sites (tertiary alicyclic amines) is 1. The summed E-state index contributed by atoms with van der Waals surface area (Å²) in [5, 5.41) is 4.65. The minimum absolute atomic E-state index is 0.614. The first-order chi connectivity index (χ1) is 15.5. The van der Waals surface area contributed by atoms with E-state index >= 15 is 0 Å².